The number of fused-ring (bicyclic) bond motifs is 1. The van der Waals surface area contributed by atoms with Crippen LogP contribution in [0.25, 0.3) is 11.0 Å². The number of piperidine rings is 1. The Bertz CT molecular complexity index is 802. The van der Waals surface area contributed by atoms with E-state index in [0.29, 0.717) is 11.9 Å². The zero-order chi connectivity index (χ0) is 15.1. The maximum atomic E-state index is 12.5. The molecule has 0 saturated carbocycles. The number of imidazole rings is 1. The van der Waals surface area contributed by atoms with Crippen LogP contribution in [0.1, 0.15) is 18.9 Å². The van der Waals surface area contributed by atoms with Crippen LogP contribution in [0.2, 0.25) is 0 Å². The summed E-state index contributed by atoms with van der Waals surface area (Å²) >= 11 is 0. The van der Waals surface area contributed by atoms with Crippen LogP contribution in [0.4, 0.5) is 5.69 Å². The van der Waals surface area contributed by atoms with Crippen LogP contribution >= 0.6 is 0 Å². The molecule has 21 heavy (non-hydrogen) atoms. The molecule has 1 aliphatic rings. The van der Waals surface area contributed by atoms with Crippen molar-refractivity contribution in [2.24, 2.45) is 7.05 Å². The summed E-state index contributed by atoms with van der Waals surface area (Å²) in [5.74, 6) is -0.712. The zero-order valence-electron chi connectivity index (χ0n) is 11.8. The Morgan fingerprint density at radius 3 is 2.71 bits per heavy atom. The van der Waals surface area contributed by atoms with Crippen molar-refractivity contribution in [3.63, 3.8) is 0 Å². The van der Waals surface area contributed by atoms with Gasteiger partial charge in [-0.05, 0) is 18.6 Å². The van der Waals surface area contributed by atoms with Gasteiger partial charge in [-0.3, -0.25) is 24.0 Å². The van der Waals surface area contributed by atoms with Gasteiger partial charge in [0.25, 0.3) is 0 Å². The quantitative estimate of drug-likeness (QED) is 0.781. The molecular weight excluding hydrogens is 272 g/mol. The van der Waals surface area contributed by atoms with Gasteiger partial charge in [0, 0.05) is 20.5 Å². The van der Waals surface area contributed by atoms with Crippen LogP contribution in [-0.2, 0) is 16.6 Å². The van der Waals surface area contributed by atoms with Gasteiger partial charge in [-0.2, -0.15) is 0 Å². The normalized spacial score (nSPS) is 18.9. The van der Waals surface area contributed by atoms with Crippen LogP contribution in [0.15, 0.2) is 23.0 Å². The number of nitrogens with one attached hydrogen (secondary N) is 2. The first-order chi connectivity index (χ1) is 10.0. The van der Waals surface area contributed by atoms with E-state index >= 15 is 0 Å². The fourth-order valence-corrected chi connectivity index (χ4v) is 2.87. The van der Waals surface area contributed by atoms with Gasteiger partial charge < -0.3 is 5.32 Å². The van der Waals surface area contributed by atoms with E-state index in [4.69, 9.17) is 0 Å². The summed E-state index contributed by atoms with van der Waals surface area (Å²) in [4.78, 5) is 35.8. The highest BCUT2D eigenvalue weighted by molar-refractivity contribution is 6.00. The Morgan fingerprint density at radius 2 is 2.05 bits per heavy atom. The lowest BCUT2D eigenvalue weighted by Gasteiger charge is -2.21. The van der Waals surface area contributed by atoms with Crippen LogP contribution in [0.3, 0.4) is 0 Å². The number of imide groups is 1. The molecule has 1 unspecified atom stereocenters. The predicted molar refractivity (Wildman–Crippen MR) is 78.1 cm³/mol. The first-order valence-corrected chi connectivity index (χ1v) is 6.76. The van der Waals surface area contributed by atoms with Crippen molar-refractivity contribution >= 4 is 28.5 Å². The van der Waals surface area contributed by atoms with Crippen molar-refractivity contribution in [2.75, 3.05) is 12.4 Å². The number of benzene rings is 1. The second kappa shape index (κ2) is 4.76. The Morgan fingerprint density at radius 1 is 1.29 bits per heavy atom. The standard InChI is InChI=1S/C14H16N4O3/c1-15-8-4-3-5-9-12(8)17(2)14(21)18(9)10-6-7-11(19)16-13(10)20/h3-5,10,15H,6-7H2,1-2H3,(H,16,19,20). The van der Waals surface area contributed by atoms with Crippen molar-refractivity contribution in [1.82, 2.24) is 14.5 Å². The smallest absolute Gasteiger partial charge is 0.329 e. The highest BCUT2D eigenvalue weighted by Crippen LogP contribution is 2.26. The molecule has 1 atom stereocenters. The van der Waals surface area contributed by atoms with E-state index in [1.807, 2.05) is 12.1 Å². The van der Waals surface area contributed by atoms with E-state index < -0.39 is 11.9 Å². The fraction of sp³-hybridized carbons (Fsp3) is 0.357. The number of anilines is 1. The monoisotopic (exact) mass is 288 g/mol. The van der Waals surface area contributed by atoms with Crippen molar-refractivity contribution < 1.29 is 9.59 Å². The number of hydrogen-bond donors (Lipinski definition) is 2. The van der Waals surface area contributed by atoms with E-state index in [2.05, 4.69) is 10.6 Å². The number of aryl methyl sites for hydroxylation is 1. The molecule has 0 bridgehead atoms. The third-order valence-electron chi connectivity index (χ3n) is 3.89. The Hall–Kier alpha value is -2.57. The van der Waals surface area contributed by atoms with E-state index in [1.54, 1.807) is 20.2 Å². The third kappa shape index (κ3) is 1.93. The summed E-state index contributed by atoms with van der Waals surface area (Å²) in [6, 6.07) is 4.86. The van der Waals surface area contributed by atoms with Crippen LogP contribution < -0.4 is 16.3 Å². The lowest BCUT2D eigenvalue weighted by Crippen LogP contribution is -2.44. The molecule has 0 aliphatic carbocycles. The topological polar surface area (TPSA) is 85.1 Å². The molecule has 1 aromatic carbocycles. The van der Waals surface area contributed by atoms with Crippen LogP contribution in [-0.4, -0.2) is 28.0 Å². The Kier molecular flexibility index (Phi) is 3.04. The van der Waals surface area contributed by atoms with Crippen molar-refractivity contribution in [2.45, 2.75) is 18.9 Å². The molecule has 2 aromatic rings. The minimum absolute atomic E-state index is 0.241. The number of carbonyl (C=O) groups excluding carboxylic acids is 2. The number of amides is 2. The molecule has 2 N–H and O–H groups in total. The number of nitrogens with zero attached hydrogens (tertiary/aromatic N) is 2. The summed E-state index contributed by atoms with van der Waals surface area (Å²) in [6.45, 7) is 0. The third-order valence-corrected chi connectivity index (χ3v) is 3.89. The van der Waals surface area contributed by atoms with Gasteiger partial charge in [0.15, 0.2) is 0 Å². The Labute approximate surface area is 120 Å². The molecular formula is C14H16N4O3. The summed E-state index contributed by atoms with van der Waals surface area (Å²) in [5.41, 5.74) is 1.99. The van der Waals surface area contributed by atoms with Crippen molar-refractivity contribution in [3.05, 3.63) is 28.7 Å². The van der Waals surface area contributed by atoms with E-state index in [0.717, 1.165) is 11.2 Å². The molecule has 7 heteroatoms. The number of rotatable bonds is 2. The molecule has 0 spiro atoms. The van der Waals surface area contributed by atoms with Gasteiger partial charge in [0.1, 0.15) is 6.04 Å². The molecule has 0 radical (unpaired) electrons. The second-order valence-corrected chi connectivity index (χ2v) is 5.10. The molecule has 3 rings (SSSR count). The number of hydrogen-bond acceptors (Lipinski definition) is 4. The van der Waals surface area contributed by atoms with Gasteiger partial charge >= 0.3 is 5.69 Å². The van der Waals surface area contributed by atoms with Gasteiger partial charge in [-0.15, -0.1) is 0 Å². The minimum Gasteiger partial charge on any atom is -0.386 e. The molecule has 1 fully saturated rings. The average molecular weight is 288 g/mol. The average Bonchev–Trinajstić information content (AvgIpc) is 2.72. The zero-order valence-corrected chi connectivity index (χ0v) is 11.8. The van der Waals surface area contributed by atoms with Crippen LogP contribution in [0.5, 0.6) is 0 Å². The second-order valence-electron chi connectivity index (χ2n) is 5.10. The maximum absolute atomic E-state index is 12.5. The van der Waals surface area contributed by atoms with Crippen molar-refractivity contribution in [1.29, 1.82) is 0 Å². The number of para-hydroxylation sites is 1. The summed E-state index contributed by atoms with van der Waals surface area (Å²) < 4.78 is 2.99. The number of carbonyl (C=O) groups is 2. The molecule has 7 nitrogen and oxygen atoms in total. The van der Waals surface area contributed by atoms with Gasteiger partial charge in [-0.1, -0.05) is 6.07 Å². The minimum atomic E-state index is -0.647. The molecule has 1 saturated heterocycles. The molecule has 1 aliphatic heterocycles. The van der Waals surface area contributed by atoms with Crippen LogP contribution in [0, 0.1) is 0 Å². The molecule has 110 valence electrons. The maximum Gasteiger partial charge on any atom is 0.329 e. The van der Waals surface area contributed by atoms with Gasteiger partial charge in [0.2, 0.25) is 11.8 Å². The van der Waals surface area contributed by atoms with Gasteiger partial charge in [-0.25, -0.2) is 4.79 Å². The predicted octanol–water partition coefficient (Wildman–Crippen LogP) is 0.359. The summed E-state index contributed by atoms with van der Waals surface area (Å²) in [7, 11) is 3.45. The summed E-state index contributed by atoms with van der Waals surface area (Å²) in [6.07, 6.45) is 0.582. The number of aromatic nitrogens is 2. The van der Waals surface area contributed by atoms with Crippen molar-refractivity contribution in [3.8, 4) is 0 Å². The first kappa shape index (κ1) is 13.4. The van der Waals surface area contributed by atoms with E-state index in [9.17, 15) is 14.4 Å². The Balaban J connectivity index is 2.24. The van der Waals surface area contributed by atoms with Gasteiger partial charge in [0.05, 0.1) is 16.7 Å². The molecule has 2 heterocycles. The summed E-state index contributed by atoms with van der Waals surface area (Å²) in [5, 5.41) is 5.34. The molecule has 2 amide bonds. The fourth-order valence-electron chi connectivity index (χ4n) is 2.87. The SMILES string of the molecule is CNc1cccc2c1n(C)c(=O)n2C1CCC(=O)NC1=O. The van der Waals surface area contributed by atoms with E-state index in [1.165, 1.54) is 9.13 Å². The first-order valence-electron chi connectivity index (χ1n) is 6.76. The lowest BCUT2D eigenvalue weighted by molar-refractivity contribution is -0.135. The highest BCUT2D eigenvalue weighted by atomic mass is 16.2. The highest BCUT2D eigenvalue weighted by Gasteiger charge is 2.31. The lowest BCUT2D eigenvalue weighted by atomic mass is 10.1. The largest absolute Gasteiger partial charge is 0.386 e. The van der Waals surface area contributed by atoms with E-state index in [-0.39, 0.29) is 18.0 Å². The molecule has 1 aromatic heterocycles.